The Kier molecular flexibility index (Phi) is 4.80. The molecule has 0 radical (unpaired) electrons. The van der Waals surface area contributed by atoms with Gasteiger partial charge in [-0.05, 0) is 56.3 Å². The number of aromatic nitrogens is 2. The van der Waals surface area contributed by atoms with Crippen LogP contribution in [0.25, 0.3) is 0 Å². The molecule has 1 saturated heterocycles. The smallest absolute Gasteiger partial charge is 0.225 e. The number of carbonyl (C=O) groups is 1. The Morgan fingerprint density at radius 2 is 2.00 bits per heavy atom. The average molecular weight is 346 g/mol. The van der Waals surface area contributed by atoms with E-state index >= 15 is 0 Å². The molecule has 2 saturated carbocycles. The Labute approximate surface area is 149 Å². The van der Waals surface area contributed by atoms with Crippen LogP contribution in [0, 0.1) is 30.6 Å². The van der Waals surface area contributed by atoms with Crippen LogP contribution in [0.15, 0.2) is 4.52 Å². The number of nitrogens with two attached hydrogens (primary N) is 1. The van der Waals surface area contributed by atoms with Crippen molar-refractivity contribution in [1.29, 1.82) is 0 Å². The highest BCUT2D eigenvalue weighted by Gasteiger charge is 2.42. The molecule has 6 nitrogen and oxygen atoms in total. The number of fused-ring (bicyclic) bond motifs is 2. The van der Waals surface area contributed by atoms with Crippen molar-refractivity contribution in [3.8, 4) is 0 Å². The second-order valence-electron chi connectivity index (χ2n) is 8.42. The predicted molar refractivity (Wildman–Crippen MR) is 93.6 cm³/mol. The Balaban J connectivity index is 1.37. The van der Waals surface area contributed by atoms with Crippen molar-refractivity contribution >= 4 is 5.91 Å². The quantitative estimate of drug-likeness (QED) is 0.908. The zero-order chi connectivity index (χ0) is 17.4. The summed E-state index contributed by atoms with van der Waals surface area (Å²) < 4.78 is 5.07. The van der Waals surface area contributed by atoms with E-state index in [9.17, 15) is 4.79 Å². The molecule has 2 aliphatic carbocycles. The minimum Gasteiger partial charge on any atom is -0.342 e. The third-order valence-corrected chi connectivity index (χ3v) is 6.63. The summed E-state index contributed by atoms with van der Waals surface area (Å²) in [6, 6.07) is 0.327. The van der Waals surface area contributed by atoms with Crippen LogP contribution in [0.1, 0.15) is 56.7 Å². The molecule has 3 atom stereocenters. The minimum absolute atomic E-state index is 0.196. The van der Waals surface area contributed by atoms with E-state index in [2.05, 4.69) is 15.0 Å². The number of piperidine rings is 1. The third-order valence-electron chi connectivity index (χ3n) is 6.63. The predicted octanol–water partition coefficient (Wildman–Crippen LogP) is 2.31. The van der Waals surface area contributed by atoms with E-state index < -0.39 is 0 Å². The van der Waals surface area contributed by atoms with E-state index in [0.29, 0.717) is 35.6 Å². The highest BCUT2D eigenvalue weighted by atomic mass is 16.5. The summed E-state index contributed by atoms with van der Waals surface area (Å²) in [4.78, 5) is 19.6. The molecule has 4 rings (SSSR count). The first-order valence-corrected chi connectivity index (χ1v) is 9.93. The summed E-state index contributed by atoms with van der Waals surface area (Å²) in [7, 11) is 0. The molecule has 6 heteroatoms. The van der Waals surface area contributed by atoms with Gasteiger partial charge in [0, 0.05) is 38.4 Å². The maximum atomic E-state index is 13.1. The maximum Gasteiger partial charge on any atom is 0.225 e. The minimum atomic E-state index is 0.196. The number of amides is 1. The normalized spacial score (nSPS) is 35.6. The third kappa shape index (κ3) is 3.59. The number of carbonyl (C=O) groups excluding carboxylic acids is 1. The molecule has 3 unspecified atom stereocenters. The lowest BCUT2D eigenvalue weighted by molar-refractivity contribution is -0.140. The largest absolute Gasteiger partial charge is 0.342 e. The van der Waals surface area contributed by atoms with Gasteiger partial charge in [0.05, 0.1) is 0 Å². The molecule has 2 heterocycles. The van der Waals surface area contributed by atoms with Crippen LogP contribution in [-0.4, -0.2) is 40.1 Å². The molecule has 0 aromatic carbocycles. The molecule has 3 fully saturated rings. The lowest BCUT2D eigenvalue weighted by atomic mass is 9.65. The van der Waals surface area contributed by atoms with E-state index in [4.69, 9.17) is 10.3 Å². The first kappa shape index (κ1) is 17.0. The standard InChI is InChI=1S/C19H30N4O2/c1-12-21-17(22-25-12)8-13-4-3-7-23(11-13)19(24)16-9-14-5-2-6-15(10-16)18(14)20/h13-16,18H,2-11,20H2,1H3. The van der Waals surface area contributed by atoms with Gasteiger partial charge in [-0.15, -0.1) is 0 Å². The van der Waals surface area contributed by atoms with Crippen molar-refractivity contribution in [3.63, 3.8) is 0 Å². The molecule has 1 aromatic rings. The van der Waals surface area contributed by atoms with E-state index in [-0.39, 0.29) is 5.92 Å². The Hall–Kier alpha value is -1.43. The number of aryl methyl sites for hydroxylation is 1. The highest BCUT2D eigenvalue weighted by molar-refractivity contribution is 5.79. The first-order chi connectivity index (χ1) is 12.1. The second-order valence-corrected chi connectivity index (χ2v) is 8.42. The molecule has 1 aromatic heterocycles. The molecule has 2 bridgehead atoms. The van der Waals surface area contributed by atoms with Crippen LogP contribution >= 0.6 is 0 Å². The molecule has 138 valence electrons. The molecule has 3 aliphatic rings. The van der Waals surface area contributed by atoms with Gasteiger partial charge in [0.25, 0.3) is 0 Å². The van der Waals surface area contributed by atoms with E-state index in [1.54, 1.807) is 0 Å². The van der Waals surface area contributed by atoms with Crippen molar-refractivity contribution in [1.82, 2.24) is 15.0 Å². The van der Waals surface area contributed by atoms with Gasteiger partial charge in [-0.3, -0.25) is 4.79 Å². The molecule has 1 aliphatic heterocycles. The summed E-state index contributed by atoms with van der Waals surface area (Å²) in [6.07, 6.45) is 8.73. The zero-order valence-electron chi connectivity index (χ0n) is 15.2. The van der Waals surface area contributed by atoms with Crippen LogP contribution in [-0.2, 0) is 11.2 Å². The van der Waals surface area contributed by atoms with Gasteiger partial charge in [0.2, 0.25) is 11.8 Å². The van der Waals surface area contributed by atoms with Gasteiger partial charge < -0.3 is 15.2 Å². The molecular weight excluding hydrogens is 316 g/mol. The van der Waals surface area contributed by atoms with Crippen LogP contribution in [0.4, 0.5) is 0 Å². The number of hydrogen-bond acceptors (Lipinski definition) is 5. The van der Waals surface area contributed by atoms with Crippen molar-refractivity contribution in [2.45, 2.75) is 64.3 Å². The fraction of sp³-hybridized carbons (Fsp3) is 0.842. The van der Waals surface area contributed by atoms with Gasteiger partial charge in [-0.2, -0.15) is 4.98 Å². The summed E-state index contributed by atoms with van der Waals surface area (Å²) in [5.74, 6) is 3.52. The van der Waals surface area contributed by atoms with Gasteiger partial charge in [-0.25, -0.2) is 0 Å². The van der Waals surface area contributed by atoms with Gasteiger partial charge in [0.15, 0.2) is 5.82 Å². The van der Waals surface area contributed by atoms with Crippen LogP contribution < -0.4 is 5.73 Å². The van der Waals surface area contributed by atoms with Crippen molar-refractivity contribution in [3.05, 3.63) is 11.7 Å². The van der Waals surface area contributed by atoms with E-state index in [1.807, 2.05) is 6.92 Å². The number of nitrogens with zero attached hydrogens (tertiary/aromatic N) is 3. The second kappa shape index (κ2) is 7.06. The zero-order valence-corrected chi connectivity index (χ0v) is 15.2. The Morgan fingerprint density at radius 3 is 2.68 bits per heavy atom. The Bertz CT molecular complexity index is 602. The monoisotopic (exact) mass is 346 g/mol. The summed E-state index contributed by atoms with van der Waals surface area (Å²) in [5, 5.41) is 4.01. The van der Waals surface area contributed by atoms with Crippen LogP contribution in [0.2, 0.25) is 0 Å². The van der Waals surface area contributed by atoms with Crippen LogP contribution in [0.5, 0.6) is 0 Å². The molecular formula is C19H30N4O2. The van der Waals surface area contributed by atoms with Gasteiger partial charge in [0.1, 0.15) is 0 Å². The summed E-state index contributed by atoms with van der Waals surface area (Å²) in [6.45, 7) is 3.56. The van der Waals surface area contributed by atoms with E-state index in [0.717, 1.165) is 51.0 Å². The first-order valence-electron chi connectivity index (χ1n) is 9.93. The van der Waals surface area contributed by atoms with Crippen LogP contribution in [0.3, 0.4) is 0 Å². The fourth-order valence-corrected chi connectivity index (χ4v) is 5.36. The number of rotatable bonds is 3. The number of hydrogen-bond donors (Lipinski definition) is 1. The van der Waals surface area contributed by atoms with Crippen molar-refractivity contribution in [2.75, 3.05) is 13.1 Å². The molecule has 25 heavy (non-hydrogen) atoms. The lowest BCUT2D eigenvalue weighted by Gasteiger charge is -2.45. The van der Waals surface area contributed by atoms with Gasteiger partial charge >= 0.3 is 0 Å². The average Bonchev–Trinajstić information content (AvgIpc) is 2.99. The fourth-order valence-electron chi connectivity index (χ4n) is 5.36. The molecule has 2 N–H and O–H groups in total. The lowest BCUT2D eigenvalue weighted by Crippen LogP contribution is -2.51. The summed E-state index contributed by atoms with van der Waals surface area (Å²) >= 11 is 0. The van der Waals surface area contributed by atoms with E-state index in [1.165, 1.54) is 19.3 Å². The SMILES string of the molecule is Cc1nc(CC2CCCN(C(=O)C3CC4CCCC(C3)C4N)C2)no1. The van der Waals surface area contributed by atoms with Crippen molar-refractivity contribution in [2.24, 2.45) is 29.4 Å². The van der Waals surface area contributed by atoms with Crippen molar-refractivity contribution < 1.29 is 9.32 Å². The van der Waals surface area contributed by atoms with Gasteiger partial charge in [-0.1, -0.05) is 11.6 Å². The highest BCUT2D eigenvalue weighted by Crippen LogP contribution is 2.42. The molecule has 1 amide bonds. The maximum absolute atomic E-state index is 13.1. The number of likely N-dealkylation sites (tertiary alicyclic amines) is 1. The topological polar surface area (TPSA) is 85.2 Å². The Morgan fingerprint density at radius 1 is 1.24 bits per heavy atom. The molecule has 0 spiro atoms. The summed E-state index contributed by atoms with van der Waals surface area (Å²) in [5.41, 5.74) is 6.39.